The lowest BCUT2D eigenvalue weighted by molar-refractivity contribution is -0.116. The van der Waals surface area contributed by atoms with Gasteiger partial charge in [-0.1, -0.05) is 19.1 Å². The second kappa shape index (κ2) is 13.1. The van der Waals surface area contributed by atoms with Crippen molar-refractivity contribution in [3.8, 4) is 0 Å². The van der Waals surface area contributed by atoms with Crippen LogP contribution in [0.3, 0.4) is 0 Å². The lowest BCUT2D eigenvalue weighted by Crippen LogP contribution is -2.38. The number of amides is 1. The first-order chi connectivity index (χ1) is 10.7. The largest absolute Gasteiger partial charge is 0.383 e. The Kier molecular flexibility index (Phi) is 12.4. The fourth-order valence-corrected chi connectivity index (χ4v) is 1.89. The predicted octanol–water partition coefficient (Wildman–Crippen LogP) is 2.35. The molecule has 0 spiro atoms. The van der Waals surface area contributed by atoms with Crippen LogP contribution in [0.1, 0.15) is 25.3 Å². The Bertz CT molecular complexity index is 495. The summed E-state index contributed by atoms with van der Waals surface area (Å²) in [6.07, 6.45) is 1.38. The summed E-state index contributed by atoms with van der Waals surface area (Å²) in [6, 6.07) is 7.79. The van der Waals surface area contributed by atoms with Crippen molar-refractivity contribution in [3.05, 3.63) is 29.8 Å². The van der Waals surface area contributed by atoms with Crippen LogP contribution in [0.4, 0.5) is 5.69 Å². The van der Waals surface area contributed by atoms with E-state index in [0.29, 0.717) is 26.1 Å². The number of ether oxygens (including phenoxy) is 1. The van der Waals surface area contributed by atoms with Gasteiger partial charge >= 0.3 is 0 Å². The molecular formula is C16H27IN4O2. The molecule has 0 aliphatic heterocycles. The molecular weight excluding hydrogens is 407 g/mol. The average Bonchev–Trinajstić information content (AvgIpc) is 2.51. The van der Waals surface area contributed by atoms with Crippen molar-refractivity contribution in [1.29, 1.82) is 0 Å². The second-order valence-corrected chi connectivity index (χ2v) is 4.84. The molecule has 1 amide bonds. The SMILES string of the molecule is CCCC(=O)Nc1cccc(CNC(=NC)NCCOC)c1.I. The van der Waals surface area contributed by atoms with Crippen LogP contribution in [0.15, 0.2) is 29.3 Å². The quantitative estimate of drug-likeness (QED) is 0.254. The maximum Gasteiger partial charge on any atom is 0.224 e. The molecule has 3 N–H and O–H groups in total. The zero-order valence-corrected chi connectivity index (χ0v) is 16.3. The summed E-state index contributed by atoms with van der Waals surface area (Å²) in [5.74, 6) is 0.766. The fraction of sp³-hybridized carbons (Fsp3) is 0.500. The van der Waals surface area contributed by atoms with E-state index in [-0.39, 0.29) is 29.9 Å². The first kappa shape index (κ1) is 21.6. The maximum atomic E-state index is 11.6. The molecule has 0 bridgehead atoms. The molecule has 7 heteroatoms. The van der Waals surface area contributed by atoms with Gasteiger partial charge in [0.1, 0.15) is 0 Å². The zero-order chi connectivity index (χ0) is 16.2. The Hall–Kier alpha value is -1.35. The number of guanidine groups is 1. The van der Waals surface area contributed by atoms with Gasteiger partial charge in [-0.05, 0) is 24.1 Å². The third-order valence-corrected chi connectivity index (χ3v) is 2.97. The second-order valence-electron chi connectivity index (χ2n) is 4.84. The Morgan fingerprint density at radius 1 is 1.30 bits per heavy atom. The number of carbonyl (C=O) groups excluding carboxylic acids is 1. The monoisotopic (exact) mass is 434 g/mol. The van der Waals surface area contributed by atoms with Gasteiger partial charge < -0.3 is 20.7 Å². The average molecular weight is 434 g/mol. The van der Waals surface area contributed by atoms with Crippen molar-refractivity contribution >= 4 is 41.5 Å². The number of methoxy groups -OCH3 is 1. The molecule has 23 heavy (non-hydrogen) atoms. The van der Waals surface area contributed by atoms with Gasteiger partial charge in [0.15, 0.2) is 5.96 Å². The number of nitrogens with one attached hydrogen (secondary N) is 3. The van der Waals surface area contributed by atoms with Crippen molar-refractivity contribution in [1.82, 2.24) is 10.6 Å². The minimum Gasteiger partial charge on any atom is -0.383 e. The van der Waals surface area contributed by atoms with Crippen molar-refractivity contribution in [2.24, 2.45) is 4.99 Å². The highest BCUT2D eigenvalue weighted by atomic mass is 127. The van der Waals surface area contributed by atoms with E-state index in [9.17, 15) is 4.79 Å². The van der Waals surface area contributed by atoms with Gasteiger partial charge in [-0.3, -0.25) is 9.79 Å². The topological polar surface area (TPSA) is 74.8 Å². The molecule has 0 saturated heterocycles. The van der Waals surface area contributed by atoms with Crippen molar-refractivity contribution < 1.29 is 9.53 Å². The standard InChI is InChI=1S/C16H26N4O2.HI/c1-4-6-15(21)20-14-8-5-7-13(11-14)12-19-16(17-2)18-9-10-22-3;/h5,7-8,11H,4,6,9-10,12H2,1-3H3,(H,20,21)(H2,17,18,19);1H. The number of aliphatic imine (C=N–C) groups is 1. The molecule has 0 aliphatic carbocycles. The summed E-state index contributed by atoms with van der Waals surface area (Å²) >= 11 is 0. The van der Waals surface area contributed by atoms with Gasteiger partial charge in [-0.15, -0.1) is 24.0 Å². The molecule has 1 rings (SSSR count). The van der Waals surface area contributed by atoms with E-state index in [0.717, 1.165) is 23.6 Å². The molecule has 1 aromatic rings. The lowest BCUT2D eigenvalue weighted by Gasteiger charge is -2.12. The molecule has 0 aliphatic rings. The van der Waals surface area contributed by atoms with Crippen molar-refractivity contribution in [3.63, 3.8) is 0 Å². The normalized spacial score (nSPS) is 10.7. The Labute approximate surface area is 155 Å². The van der Waals surface area contributed by atoms with Crippen LogP contribution in [0.25, 0.3) is 0 Å². The summed E-state index contributed by atoms with van der Waals surface area (Å²) < 4.78 is 4.99. The minimum atomic E-state index is 0. The number of hydrogen-bond donors (Lipinski definition) is 3. The third-order valence-electron chi connectivity index (χ3n) is 2.97. The van der Waals surface area contributed by atoms with Crippen LogP contribution in [0.5, 0.6) is 0 Å². The van der Waals surface area contributed by atoms with Crippen LogP contribution in [0, 0.1) is 0 Å². The van der Waals surface area contributed by atoms with Gasteiger partial charge in [0, 0.05) is 39.4 Å². The molecule has 6 nitrogen and oxygen atoms in total. The summed E-state index contributed by atoms with van der Waals surface area (Å²) in [6.45, 7) is 3.94. The number of rotatable bonds is 8. The van der Waals surface area contributed by atoms with Crippen LogP contribution in [0.2, 0.25) is 0 Å². The number of hydrogen-bond acceptors (Lipinski definition) is 3. The van der Waals surface area contributed by atoms with Crippen molar-refractivity contribution in [2.75, 3.05) is 32.6 Å². The molecule has 0 saturated carbocycles. The highest BCUT2D eigenvalue weighted by molar-refractivity contribution is 14.0. The van der Waals surface area contributed by atoms with Gasteiger partial charge in [0.2, 0.25) is 5.91 Å². The van der Waals surface area contributed by atoms with Gasteiger partial charge in [0.25, 0.3) is 0 Å². The molecule has 0 atom stereocenters. The molecule has 0 heterocycles. The highest BCUT2D eigenvalue weighted by Crippen LogP contribution is 2.11. The maximum absolute atomic E-state index is 11.6. The van der Waals surface area contributed by atoms with E-state index in [1.165, 1.54) is 0 Å². The van der Waals surface area contributed by atoms with Crippen LogP contribution in [-0.2, 0) is 16.1 Å². The summed E-state index contributed by atoms with van der Waals surface area (Å²) in [4.78, 5) is 15.8. The summed E-state index contributed by atoms with van der Waals surface area (Å²) in [5.41, 5.74) is 1.89. The highest BCUT2D eigenvalue weighted by Gasteiger charge is 2.02. The molecule has 130 valence electrons. The van der Waals surface area contributed by atoms with Crippen LogP contribution < -0.4 is 16.0 Å². The first-order valence-corrected chi connectivity index (χ1v) is 7.51. The van der Waals surface area contributed by atoms with E-state index in [1.54, 1.807) is 14.2 Å². The summed E-state index contributed by atoms with van der Waals surface area (Å²) in [5, 5.41) is 9.27. The van der Waals surface area contributed by atoms with Crippen molar-refractivity contribution in [2.45, 2.75) is 26.3 Å². The van der Waals surface area contributed by atoms with Gasteiger partial charge in [-0.25, -0.2) is 0 Å². The molecule has 0 unspecified atom stereocenters. The Morgan fingerprint density at radius 2 is 2.09 bits per heavy atom. The van der Waals surface area contributed by atoms with E-state index < -0.39 is 0 Å². The van der Waals surface area contributed by atoms with E-state index >= 15 is 0 Å². The summed E-state index contributed by atoms with van der Waals surface area (Å²) in [7, 11) is 3.39. The fourth-order valence-electron chi connectivity index (χ4n) is 1.89. The molecule has 1 aromatic carbocycles. The van der Waals surface area contributed by atoms with Gasteiger partial charge in [0.05, 0.1) is 6.61 Å². The Balaban J connectivity index is 0.00000484. The smallest absolute Gasteiger partial charge is 0.224 e. The van der Waals surface area contributed by atoms with E-state index in [4.69, 9.17) is 4.74 Å². The van der Waals surface area contributed by atoms with E-state index in [2.05, 4.69) is 20.9 Å². The van der Waals surface area contributed by atoms with Crippen LogP contribution >= 0.6 is 24.0 Å². The van der Waals surface area contributed by atoms with Crippen LogP contribution in [-0.4, -0.2) is 39.2 Å². The number of nitrogens with zero attached hydrogens (tertiary/aromatic N) is 1. The van der Waals surface area contributed by atoms with E-state index in [1.807, 2.05) is 31.2 Å². The zero-order valence-electron chi connectivity index (χ0n) is 14.0. The minimum absolute atomic E-state index is 0. The number of benzene rings is 1. The first-order valence-electron chi connectivity index (χ1n) is 7.51. The third kappa shape index (κ3) is 9.39. The molecule has 0 radical (unpaired) electrons. The lowest BCUT2D eigenvalue weighted by atomic mass is 10.2. The Morgan fingerprint density at radius 3 is 2.74 bits per heavy atom. The number of halogens is 1. The van der Waals surface area contributed by atoms with Gasteiger partial charge in [-0.2, -0.15) is 0 Å². The predicted molar refractivity (Wildman–Crippen MR) is 105 cm³/mol. The molecule has 0 fully saturated rings. The number of carbonyl (C=O) groups is 1. The molecule has 0 aromatic heterocycles. The number of anilines is 1.